The van der Waals surface area contributed by atoms with E-state index in [1.807, 2.05) is 18.9 Å². The van der Waals surface area contributed by atoms with Gasteiger partial charge in [-0.15, -0.1) is 0 Å². The van der Waals surface area contributed by atoms with E-state index < -0.39 is 11.6 Å². The van der Waals surface area contributed by atoms with Gasteiger partial charge < -0.3 is 9.80 Å². The van der Waals surface area contributed by atoms with Crippen molar-refractivity contribution >= 4 is 5.69 Å². The zero-order valence-electron chi connectivity index (χ0n) is 10.5. The molecule has 1 aromatic rings. The Morgan fingerprint density at radius 1 is 1.28 bits per heavy atom. The molecule has 0 spiro atoms. The maximum absolute atomic E-state index is 13.9. The Bertz CT molecular complexity index is 496. The first-order chi connectivity index (χ1) is 8.54. The average Bonchev–Trinajstić information content (AvgIpc) is 2.36. The third kappa shape index (κ3) is 2.16. The second kappa shape index (κ2) is 4.91. The lowest BCUT2D eigenvalue weighted by atomic mass is 10.1. The quantitative estimate of drug-likeness (QED) is 0.764. The molecule has 1 aliphatic heterocycles. The Kier molecular flexibility index (Phi) is 3.48. The molecular weight excluding hydrogens is 236 g/mol. The van der Waals surface area contributed by atoms with E-state index in [1.54, 1.807) is 6.07 Å². The van der Waals surface area contributed by atoms with Crippen molar-refractivity contribution in [3.63, 3.8) is 0 Å². The molecular formula is C13H15F2N3. The van der Waals surface area contributed by atoms with Crippen LogP contribution in [0.1, 0.15) is 12.5 Å². The highest BCUT2D eigenvalue weighted by Crippen LogP contribution is 2.25. The van der Waals surface area contributed by atoms with Crippen LogP contribution in [0, 0.1) is 23.0 Å². The fourth-order valence-corrected chi connectivity index (χ4v) is 2.14. The smallest absolute Gasteiger partial charge is 0.183 e. The second-order valence-corrected chi connectivity index (χ2v) is 4.65. The van der Waals surface area contributed by atoms with E-state index in [0.717, 1.165) is 6.54 Å². The van der Waals surface area contributed by atoms with Gasteiger partial charge in [-0.25, -0.2) is 8.78 Å². The van der Waals surface area contributed by atoms with Gasteiger partial charge in [-0.05, 0) is 26.1 Å². The number of likely N-dealkylation sites (N-methyl/N-ethyl adjacent to an activating group) is 1. The average molecular weight is 251 g/mol. The largest absolute Gasteiger partial charge is 0.366 e. The predicted octanol–water partition coefficient (Wildman–Crippen LogP) is 1.98. The number of halogens is 2. The predicted molar refractivity (Wildman–Crippen MR) is 65.4 cm³/mol. The summed E-state index contributed by atoms with van der Waals surface area (Å²) in [6, 6.07) is 4.74. The molecule has 1 saturated heterocycles. The van der Waals surface area contributed by atoms with E-state index >= 15 is 0 Å². The molecule has 0 bridgehead atoms. The standard InChI is InChI=1S/C13H15F2N3/c1-9-8-18(6-5-17(9)2)11-4-3-10(7-16)12(14)13(11)15/h3-4,9H,5-6,8H2,1-2H3. The van der Waals surface area contributed by atoms with Gasteiger partial charge in [0.15, 0.2) is 11.6 Å². The van der Waals surface area contributed by atoms with Crippen molar-refractivity contribution in [1.29, 1.82) is 5.26 Å². The lowest BCUT2D eigenvalue weighted by molar-refractivity contribution is 0.233. The maximum atomic E-state index is 13.9. The number of rotatable bonds is 1. The van der Waals surface area contributed by atoms with Crippen molar-refractivity contribution in [1.82, 2.24) is 4.90 Å². The Balaban J connectivity index is 2.30. The Labute approximate surface area is 105 Å². The van der Waals surface area contributed by atoms with Crippen LogP contribution in [0.3, 0.4) is 0 Å². The van der Waals surface area contributed by atoms with Crippen LogP contribution in [0.2, 0.25) is 0 Å². The lowest BCUT2D eigenvalue weighted by Crippen LogP contribution is -2.50. The number of anilines is 1. The van der Waals surface area contributed by atoms with Gasteiger partial charge in [0.1, 0.15) is 6.07 Å². The fraction of sp³-hybridized carbons (Fsp3) is 0.462. The number of benzene rings is 1. The Morgan fingerprint density at radius 2 is 2.00 bits per heavy atom. The van der Waals surface area contributed by atoms with E-state index in [9.17, 15) is 8.78 Å². The zero-order chi connectivity index (χ0) is 13.3. The SMILES string of the molecule is CC1CN(c2ccc(C#N)c(F)c2F)CCN1C. The molecule has 0 amide bonds. The number of piperazine rings is 1. The summed E-state index contributed by atoms with van der Waals surface area (Å²) in [6.07, 6.45) is 0. The summed E-state index contributed by atoms with van der Waals surface area (Å²) in [5, 5.41) is 8.64. The molecule has 0 aliphatic carbocycles. The molecule has 1 aromatic carbocycles. The monoisotopic (exact) mass is 251 g/mol. The van der Waals surface area contributed by atoms with Crippen LogP contribution < -0.4 is 4.90 Å². The van der Waals surface area contributed by atoms with E-state index in [0.29, 0.717) is 13.1 Å². The minimum Gasteiger partial charge on any atom is -0.366 e. The van der Waals surface area contributed by atoms with Gasteiger partial charge >= 0.3 is 0 Å². The molecule has 1 unspecified atom stereocenters. The van der Waals surface area contributed by atoms with Crippen molar-refractivity contribution < 1.29 is 8.78 Å². The van der Waals surface area contributed by atoms with E-state index in [1.165, 1.54) is 12.1 Å². The van der Waals surface area contributed by atoms with Crippen LogP contribution in [0.25, 0.3) is 0 Å². The molecule has 1 aliphatic rings. The van der Waals surface area contributed by atoms with Crippen LogP contribution >= 0.6 is 0 Å². The number of hydrogen-bond donors (Lipinski definition) is 0. The highest BCUT2D eigenvalue weighted by Gasteiger charge is 2.24. The van der Waals surface area contributed by atoms with Gasteiger partial charge in [0.25, 0.3) is 0 Å². The van der Waals surface area contributed by atoms with Gasteiger partial charge in [0.2, 0.25) is 0 Å². The molecule has 1 atom stereocenters. The van der Waals surface area contributed by atoms with E-state index in [2.05, 4.69) is 4.90 Å². The van der Waals surface area contributed by atoms with Gasteiger partial charge in [-0.2, -0.15) is 5.26 Å². The molecule has 0 saturated carbocycles. The van der Waals surface area contributed by atoms with Crippen LogP contribution in [0.5, 0.6) is 0 Å². The van der Waals surface area contributed by atoms with Crippen molar-refractivity contribution in [2.45, 2.75) is 13.0 Å². The molecule has 1 fully saturated rings. The second-order valence-electron chi connectivity index (χ2n) is 4.65. The summed E-state index contributed by atoms with van der Waals surface area (Å²) in [7, 11) is 2.01. The summed E-state index contributed by atoms with van der Waals surface area (Å²) in [6.45, 7) is 4.16. The summed E-state index contributed by atoms with van der Waals surface area (Å²) in [5.74, 6) is -1.98. The van der Waals surface area contributed by atoms with Crippen molar-refractivity contribution in [2.75, 3.05) is 31.6 Å². The van der Waals surface area contributed by atoms with Gasteiger partial charge in [0.05, 0.1) is 11.3 Å². The summed E-state index contributed by atoms with van der Waals surface area (Å²) >= 11 is 0. The van der Waals surface area contributed by atoms with Crippen LogP contribution in [0.15, 0.2) is 12.1 Å². The van der Waals surface area contributed by atoms with Crippen molar-refractivity contribution in [3.8, 4) is 6.07 Å². The summed E-state index contributed by atoms with van der Waals surface area (Å²) in [5.41, 5.74) is -0.00937. The lowest BCUT2D eigenvalue weighted by Gasteiger charge is -2.39. The first kappa shape index (κ1) is 12.8. The molecule has 18 heavy (non-hydrogen) atoms. The third-order valence-corrected chi connectivity index (χ3v) is 3.48. The molecule has 1 heterocycles. The summed E-state index contributed by atoms with van der Waals surface area (Å²) < 4.78 is 27.4. The normalized spacial score (nSPS) is 20.8. The zero-order valence-corrected chi connectivity index (χ0v) is 10.5. The highest BCUT2D eigenvalue weighted by molar-refractivity contribution is 5.52. The van der Waals surface area contributed by atoms with E-state index in [-0.39, 0.29) is 17.3 Å². The molecule has 0 N–H and O–H groups in total. The molecule has 3 nitrogen and oxygen atoms in total. The number of hydrogen-bond acceptors (Lipinski definition) is 3. The number of nitriles is 1. The van der Waals surface area contributed by atoms with Crippen LogP contribution in [0.4, 0.5) is 14.5 Å². The first-order valence-corrected chi connectivity index (χ1v) is 5.88. The fourth-order valence-electron chi connectivity index (χ4n) is 2.14. The molecule has 5 heteroatoms. The molecule has 96 valence electrons. The minimum absolute atomic E-state index is 0.242. The van der Waals surface area contributed by atoms with Gasteiger partial charge in [-0.3, -0.25) is 0 Å². The third-order valence-electron chi connectivity index (χ3n) is 3.48. The highest BCUT2D eigenvalue weighted by atomic mass is 19.2. The molecule has 0 radical (unpaired) electrons. The number of nitrogens with zero attached hydrogens (tertiary/aromatic N) is 3. The maximum Gasteiger partial charge on any atom is 0.183 e. The van der Waals surface area contributed by atoms with E-state index in [4.69, 9.17) is 5.26 Å². The Hall–Kier alpha value is -1.67. The Morgan fingerprint density at radius 3 is 2.61 bits per heavy atom. The van der Waals surface area contributed by atoms with Crippen LogP contribution in [-0.2, 0) is 0 Å². The first-order valence-electron chi connectivity index (χ1n) is 5.88. The minimum atomic E-state index is -1.05. The molecule has 2 rings (SSSR count). The molecule has 0 aromatic heterocycles. The van der Waals surface area contributed by atoms with Gasteiger partial charge in [0, 0.05) is 25.7 Å². The van der Waals surface area contributed by atoms with Gasteiger partial charge in [-0.1, -0.05) is 0 Å². The summed E-state index contributed by atoms with van der Waals surface area (Å²) in [4.78, 5) is 4.00. The van der Waals surface area contributed by atoms with Crippen molar-refractivity contribution in [2.24, 2.45) is 0 Å². The topological polar surface area (TPSA) is 30.3 Å². The van der Waals surface area contributed by atoms with Crippen LogP contribution in [-0.4, -0.2) is 37.6 Å². The van der Waals surface area contributed by atoms with Crippen molar-refractivity contribution in [3.05, 3.63) is 29.3 Å².